The Bertz CT molecular complexity index is 696. The lowest BCUT2D eigenvalue weighted by Gasteiger charge is -2.49. The molecule has 0 atom stereocenters. The highest BCUT2D eigenvalue weighted by atomic mass is 19.1. The van der Waals surface area contributed by atoms with Gasteiger partial charge in [0, 0.05) is 57.0 Å². The summed E-state index contributed by atoms with van der Waals surface area (Å²) in [6, 6.07) is 19.0. The summed E-state index contributed by atoms with van der Waals surface area (Å²) in [5.41, 5.74) is 2.16. The first kappa shape index (κ1) is 17.7. The number of ether oxygens (including phenoxy) is 1. The van der Waals surface area contributed by atoms with Gasteiger partial charge in [-0.2, -0.15) is 0 Å². The van der Waals surface area contributed by atoms with Gasteiger partial charge in [0.2, 0.25) is 0 Å². The number of benzene rings is 2. The first-order valence-electron chi connectivity index (χ1n) is 9.63. The third kappa shape index (κ3) is 4.14. The highest BCUT2D eigenvalue weighted by Crippen LogP contribution is 2.26. The summed E-state index contributed by atoms with van der Waals surface area (Å²) in [6.07, 6.45) is 2.22. The summed E-state index contributed by atoms with van der Waals surface area (Å²) in [4.78, 5) is 5.01. The van der Waals surface area contributed by atoms with Crippen molar-refractivity contribution < 1.29 is 9.13 Å². The molecular formula is C22H27FN2O. The number of halogens is 1. The molecule has 3 nitrogen and oxygen atoms in total. The van der Waals surface area contributed by atoms with Crippen molar-refractivity contribution >= 4 is 0 Å². The number of likely N-dealkylation sites (tertiary alicyclic amines) is 1. The maximum atomic E-state index is 13.9. The average Bonchev–Trinajstić information content (AvgIpc) is 2.66. The Morgan fingerprint density at radius 1 is 0.923 bits per heavy atom. The molecular weight excluding hydrogens is 327 g/mol. The molecule has 0 saturated carbocycles. The van der Waals surface area contributed by atoms with Crippen molar-refractivity contribution in [2.75, 3.05) is 26.3 Å². The highest BCUT2D eigenvalue weighted by Gasteiger charge is 2.36. The Morgan fingerprint density at radius 2 is 1.62 bits per heavy atom. The lowest BCUT2D eigenvalue weighted by atomic mass is 9.98. The van der Waals surface area contributed by atoms with Crippen LogP contribution in [-0.2, 0) is 17.8 Å². The summed E-state index contributed by atoms with van der Waals surface area (Å²) in [5.74, 6) is -0.0958. The van der Waals surface area contributed by atoms with Crippen molar-refractivity contribution in [3.8, 4) is 0 Å². The van der Waals surface area contributed by atoms with E-state index in [1.54, 1.807) is 12.1 Å². The molecule has 0 aliphatic carbocycles. The van der Waals surface area contributed by atoms with E-state index >= 15 is 0 Å². The van der Waals surface area contributed by atoms with Gasteiger partial charge in [0.25, 0.3) is 0 Å². The molecule has 26 heavy (non-hydrogen) atoms. The van der Waals surface area contributed by atoms with Crippen molar-refractivity contribution in [1.29, 1.82) is 0 Å². The Balaban J connectivity index is 1.39. The Kier molecular flexibility index (Phi) is 5.63. The molecule has 2 aromatic carbocycles. The van der Waals surface area contributed by atoms with Gasteiger partial charge in [0.05, 0.1) is 0 Å². The molecule has 0 radical (unpaired) electrons. The topological polar surface area (TPSA) is 15.7 Å². The summed E-state index contributed by atoms with van der Waals surface area (Å²) < 4.78 is 19.5. The number of nitrogens with zero attached hydrogens (tertiary/aromatic N) is 2. The molecule has 2 saturated heterocycles. The van der Waals surface area contributed by atoms with Crippen LogP contribution >= 0.6 is 0 Å². The maximum Gasteiger partial charge on any atom is 0.127 e. The monoisotopic (exact) mass is 354 g/mol. The summed E-state index contributed by atoms with van der Waals surface area (Å²) in [6.45, 7) is 5.44. The van der Waals surface area contributed by atoms with Gasteiger partial charge in [0.15, 0.2) is 0 Å². The first-order valence-corrected chi connectivity index (χ1v) is 9.63. The Hall–Kier alpha value is -1.75. The first-order chi connectivity index (χ1) is 12.8. The van der Waals surface area contributed by atoms with E-state index in [0.29, 0.717) is 18.6 Å². The van der Waals surface area contributed by atoms with Crippen molar-refractivity contribution in [2.45, 2.75) is 38.0 Å². The van der Waals surface area contributed by atoms with E-state index in [2.05, 4.69) is 40.1 Å². The minimum Gasteiger partial charge on any atom is -0.381 e. The maximum absolute atomic E-state index is 13.9. The Labute approximate surface area is 155 Å². The van der Waals surface area contributed by atoms with Gasteiger partial charge in [-0.25, -0.2) is 4.39 Å². The third-order valence-corrected chi connectivity index (χ3v) is 5.63. The van der Waals surface area contributed by atoms with Crippen LogP contribution in [0, 0.1) is 5.82 Å². The highest BCUT2D eigenvalue weighted by molar-refractivity contribution is 5.18. The minimum absolute atomic E-state index is 0.0958. The van der Waals surface area contributed by atoms with Crippen LogP contribution in [0.5, 0.6) is 0 Å². The van der Waals surface area contributed by atoms with Crippen molar-refractivity contribution in [3.63, 3.8) is 0 Å². The van der Waals surface area contributed by atoms with Crippen LogP contribution in [0.1, 0.15) is 24.0 Å². The fraction of sp³-hybridized carbons (Fsp3) is 0.455. The molecule has 4 heteroatoms. The second-order valence-electron chi connectivity index (χ2n) is 7.44. The predicted octanol–water partition coefficient (Wildman–Crippen LogP) is 3.69. The van der Waals surface area contributed by atoms with E-state index in [1.807, 2.05) is 12.1 Å². The van der Waals surface area contributed by atoms with Crippen LogP contribution in [0.3, 0.4) is 0 Å². The molecule has 138 valence electrons. The van der Waals surface area contributed by atoms with E-state index in [-0.39, 0.29) is 5.82 Å². The molecule has 0 amide bonds. The lowest BCUT2D eigenvalue weighted by Crippen LogP contribution is -2.61. The van der Waals surface area contributed by atoms with E-state index in [1.165, 1.54) is 5.56 Å². The SMILES string of the molecule is Fc1ccccc1CN1CC(N(Cc2ccccc2)C2CCOCC2)C1. The molecule has 0 bridgehead atoms. The largest absolute Gasteiger partial charge is 0.381 e. The quantitative estimate of drug-likeness (QED) is 0.787. The smallest absolute Gasteiger partial charge is 0.127 e. The average molecular weight is 354 g/mol. The fourth-order valence-electron chi connectivity index (χ4n) is 4.12. The van der Waals surface area contributed by atoms with Crippen LogP contribution in [0.4, 0.5) is 4.39 Å². The Morgan fingerprint density at radius 3 is 2.35 bits per heavy atom. The van der Waals surface area contributed by atoms with Gasteiger partial charge in [-0.15, -0.1) is 0 Å². The fourth-order valence-corrected chi connectivity index (χ4v) is 4.12. The normalized spacial score (nSPS) is 19.6. The number of hydrogen-bond donors (Lipinski definition) is 0. The van der Waals surface area contributed by atoms with Crippen LogP contribution < -0.4 is 0 Å². The summed E-state index contributed by atoms with van der Waals surface area (Å²) in [5, 5.41) is 0. The van der Waals surface area contributed by atoms with E-state index in [9.17, 15) is 4.39 Å². The molecule has 2 aliphatic heterocycles. The lowest BCUT2D eigenvalue weighted by molar-refractivity contribution is -0.0382. The van der Waals surface area contributed by atoms with Crippen LogP contribution in [0.2, 0.25) is 0 Å². The number of hydrogen-bond acceptors (Lipinski definition) is 3. The van der Waals surface area contributed by atoms with Crippen LogP contribution in [0.25, 0.3) is 0 Å². The predicted molar refractivity (Wildman–Crippen MR) is 101 cm³/mol. The molecule has 2 aromatic rings. The van der Waals surface area contributed by atoms with Crippen molar-refractivity contribution in [3.05, 3.63) is 71.5 Å². The molecule has 2 fully saturated rings. The van der Waals surface area contributed by atoms with E-state index in [0.717, 1.165) is 51.3 Å². The van der Waals surface area contributed by atoms with Crippen LogP contribution in [-0.4, -0.2) is 48.2 Å². The van der Waals surface area contributed by atoms with Gasteiger partial charge in [-0.05, 0) is 24.5 Å². The second-order valence-corrected chi connectivity index (χ2v) is 7.44. The van der Waals surface area contributed by atoms with E-state index < -0.39 is 0 Å². The molecule has 2 aliphatic rings. The standard InChI is InChI=1S/C22H27FN2O/c23-22-9-5-4-8-19(22)15-24-16-21(17-24)25(20-10-12-26-13-11-20)14-18-6-2-1-3-7-18/h1-9,20-21H,10-17H2. The zero-order valence-corrected chi connectivity index (χ0v) is 15.2. The zero-order chi connectivity index (χ0) is 17.8. The minimum atomic E-state index is -0.0958. The van der Waals surface area contributed by atoms with Gasteiger partial charge >= 0.3 is 0 Å². The van der Waals surface area contributed by atoms with Gasteiger partial charge < -0.3 is 4.74 Å². The van der Waals surface area contributed by atoms with Gasteiger partial charge in [-0.1, -0.05) is 48.5 Å². The molecule has 0 N–H and O–H groups in total. The van der Waals surface area contributed by atoms with Gasteiger partial charge in [-0.3, -0.25) is 9.80 Å². The van der Waals surface area contributed by atoms with Crippen molar-refractivity contribution in [1.82, 2.24) is 9.80 Å². The van der Waals surface area contributed by atoms with Crippen LogP contribution in [0.15, 0.2) is 54.6 Å². The summed E-state index contributed by atoms with van der Waals surface area (Å²) in [7, 11) is 0. The molecule has 2 heterocycles. The van der Waals surface area contributed by atoms with Crippen molar-refractivity contribution in [2.24, 2.45) is 0 Å². The summed E-state index contributed by atoms with van der Waals surface area (Å²) >= 11 is 0. The van der Waals surface area contributed by atoms with E-state index in [4.69, 9.17) is 4.74 Å². The molecule has 0 spiro atoms. The zero-order valence-electron chi connectivity index (χ0n) is 15.2. The molecule has 0 aromatic heterocycles. The molecule has 4 rings (SSSR count). The third-order valence-electron chi connectivity index (χ3n) is 5.63. The second kappa shape index (κ2) is 8.30. The number of rotatable bonds is 6. The van der Waals surface area contributed by atoms with Gasteiger partial charge in [0.1, 0.15) is 5.82 Å². The molecule has 0 unspecified atom stereocenters.